The molecule has 1 atom stereocenters. The van der Waals surface area contributed by atoms with Crippen LogP contribution in [0.15, 0.2) is 31.0 Å². The fraction of sp³-hybridized carbons (Fsp3) is 0.412. The van der Waals surface area contributed by atoms with Gasteiger partial charge in [0.15, 0.2) is 17.5 Å². The van der Waals surface area contributed by atoms with Crippen molar-refractivity contribution in [2.75, 3.05) is 18.0 Å². The lowest BCUT2D eigenvalue weighted by Gasteiger charge is -2.33. The van der Waals surface area contributed by atoms with Gasteiger partial charge in [-0.15, -0.1) is 10.2 Å². The number of anilines is 1. The number of pyridine rings is 1. The number of hydrogen-bond acceptors (Lipinski definition) is 5. The van der Waals surface area contributed by atoms with Crippen molar-refractivity contribution in [1.82, 2.24) is 29.3 Å². The number of hydrogen-bond donors (Lipinski definition) is 0. The summed E-state index contributed by atoms with van der Waals surface area (Å²) in [5.74, 6) is 1.91. The van der Waals surface area contributed by atoms with Crippen LogP contribution in [0.2, 0.25) is 5.02 Å². The molecule has 7 nitrogen and oxygen atoms in total. The smallest absolute Gasteiger partial charge is 0.167 e. The van der Waals surface area contributed by atoms with Gasteiger partial charge in [0.25, 0.3) is 0 Å². The predicted octanol–water partition coefficient (Wildman–Crippen LogP) is 2.63. The maximum atomic E-state index is 14.2. The Morgan fingerprint density at radius 2 is 2.23 bits per heavy atom. The Balaban J connectivity index is 1.54. The van der Waals surface area contributed by atoms with E-state index >= 15 is 0 Å². The van der Waals surface area contributed by atoms with Gasteiger partial charge in [-0.3, -0.25) is 0 Å². The normalized spacial score (nSPS) is 17.7. The highest BCUT2D eigenvalue weighted by Gasteiger charge is 2.28. The standard InChI is InChI=1S/C17H19ClFN7/c1-24-15(10-25-6-4-20-11-25)22-23-16(24)12-3-2-5-26(9-12)17-14(19)7-13(18)8-21-17/h4,6-8,11-12H,2-3,5,9-10H2,1H3/t12-/m1/s1. The van der Waals surface area contributed by atoms with Crippen molar-refractivity contribution in [3.05, 3.63) is 53.5 Å². The van der Waals surface area contributed by atoms with Crippen molar-refractivity contribution in [2.45, 2.75) is 25.3 Å². The van der Waals surface area contributed by atoms with Crippen LogP contribution in [-0.2, 0) is 13.6 Å². The summed E-state index contributed by atoms with van der Waals surface area (Å²) in [7, 11) is 1.97. The molecule has 0 radical (unpaired) electrons. The molecule has 0 aromatic carbocycles. The van der Waals surface area contributed by atoms with Gasteiger partial charge in [0, 0.05) is 44.6 Å². The van der Waals surface area contributed by atoms with Gasteiger partial charge in [-0.2, -0.15) is 0 Å². The zero-order chi connectivity index (χ0) is 18.1. The largest absolute Gasteiger partial charge is 0.353 e. The van der Waals surface area contributed by atoms with Crippen LogP contribution < -0.4 is 4.90 Å². The monoisotopic (exact) mass is 375 g/mol. The minimum atomic E-state index is -0.392. The molecule has 9 heteroatoms. The van der Waals surface area contributed by atoms with E-state index in [-0.39, 0.29) is 5.92 Å². The van der Waals surface area contributed by atoms with Crippen LogP contribution in [0.3, 0.4) is 0 Å². The van der Waals surface area contributed by atoms with Crippen LogP contribution in [0.5, 0.6) is 0 Å². The van der Waals surface area contributed by atoms with Crippen LogP contribution in [0, 0.1) is 5.82 Å². The van der Waals surface area contributed by atoms with Crippen LogP contribution in [-0.4, -0.2) is 42.4 Å². The van der Waals surface area contributed by atoms with E-state index in [9.17, 15) is 4.39 Å². The minimum Gasteiger partial charge on any atom is -0.353 e. The summed E-state index contributed by atoms with van der Waals surface area (Å²) in [5.41, 5.74) is 0. The zero-order valence-corrected chi connectivity index (χ0v) is 15.1. The second kappa shape index (κ2) is 7.03. The van der Waals surface area contributed by atoms with Crippen LogP contribution in [0.1, 0.15) is 30.4 Å². The van der Waals surface area contributed by atoms with E-state index in [0.717, 1.165) is 31.0 Å². The molecule has 3 aromatic heterocycles. The summed E-state index contributed by atoms with van der Waals surface area (Å²) in [4.78, 5) is 10.2. The summed E-state index contributed by atoms with van der Waals surface area (Å²) in [6.45, 7) is 2.04. The molecule has 1 fully saturated rings. The van der Waals surface area contributed by atoms with Crippen molar-refractivity contribution in [3.8, 4) is 0 Å². The Kier molecular flexibility index (Phi) is 4.58. The van der Waals surface area contributed by atoms with Gasteiger partial charge >= 0.3 is 0 Å². The Bertz CT molecular complexity index is 893. The van der Waals surface area contributed by atoms with Gasteiger partial charge in [0.05, 0.1) is 17.9 Å². The first-order valence-corrected chi connectivity index (χ1v) is 8.89. The SMILES string of the molecule is Cn1c(Cn2ccnc2)nnc1[C@@H]1CCCN(c2ncc(Cl)cc2F)C1. The average molecular weight is 376 g/mol. The molecule has 0 bridgehead atoms. The maximum absolute atomic E-state index is 14.2. The quantitative estimate of drug-likeness (QED) is 0.701. The molecule has 0 saturated carbocycles. The number of halogens is 2. The van der Waals surface area contributed by atoms with E-state index < -0.39 is 5.82 Å². The highest BCUT2D eigenvalue weighted by Crippen LogP contribution is 2.30. The van der Waals surface area contributed by atoms with E-state index in [1.807, 2.05) is 27.3 Å². The van der Waals surface area contributed by atoms with Crippen molar-refractivity contribution >= 4 is 17.4 Å². The highest BCUT2D eigenvalue weighted by atomic mass is 35.5. The summed E-state index contributed by atoms with van der Waals surface area (Å²) in [6.07, 6.45) is 8.80. The zero-order valence-electron chi connectivity index (χ0n) is 14.4. The molecule has 0 N–H and O–H groups in total. The Labute approximate surface area is 155 Å². The van der Waals surface area contributed by atoms with Crippen molar-refractivity contribution in [3.63, 3.8) is 0 Å². The van der Waals surface area contributed by atoms with E-state index in [1.165, 1.54) is 12.3 Å². The molecule has 0 spiro atoms. The summed E-state index contributed by atoms with van der Waals surface area (Å²) < 4.78 is 18.2. The fourth-order valence-electron chi connectivity index (χ4n) is 3.43. The molecular weight excluding hydrogens is 357 g/mol. The van der Waals surface area contributed by atoms with Crippen molar-refractivity contribution < 1.29 is 4.39 Å². The number of rotatable bonds is 4. The second-order valence-electron chi connectivity index (χ2n) is 6.51. The molecule has 3 aromatic rings. The lowest BCUT2D eigenvalue weighted by atomic mass is 9.97. The molecule has 0 amide bonds. The Morgan fingerprint density at radius 3 is 3.00 bits per heavy atom. The first kappa shape index (κ1) is 17.0. The van der Waals surface area contributed by atoms with Gasteiger partial charge in [-0.05, 0) is 18.9 Å². The van der Waals surface area contributed by atoms with Gasteiger partial charge in [-0.1, -0.05) is 11.6 Å². The van der Waals surface area contributed by atoms with Gasteiger partial charge in [0.1, 0.15) is 5.82 Å². The molecule has 4 rings (SSSR count). The van der Waals surface area contributed by atoms with Gasteiger partial charge in [-0.25, -0.2) is 14.4 Å². The van der Waals surface area contributed by atoms with E-state index in [1.54, 1.807) is 12.5 Å². The Hall–Kier alpha value is -2.48. The van der Waals surface area contributed by atoms with E-state index in [0.29, 0.717) is 23.9 Å². The molecule has 0 unspecified atom stereocenters. The molecule has 1 aliphatic heterocycles. The van der Waals surface area contributed by atoms with E-state index in [2.05, 4.69) is 20.2 Å². The lowest BCUT2D eigenvalue weighted by Crippen LogP contribution is -2.36. The first-order chi connectivity index (χ1) is 12.6. The molecule has 1 saturated heterocycles. The second-order valence-corrected chi connectivity index (χ2v) is 6.95. The van der Waals surface area contributed by atoms with Crippen LogP contribution >= 0.6 is 11.6 Å². The lowest BCUT2D eigenvalue weighted by molar-refractivity contribution is 0.469. The Morgan fingerprint density at radius 1 is 1.35 bits per heavy atom. The molecular formula is C17H19ClFN7. The molecule has 1 aliphatic rings. The number of aromatic nitrogens is 6. The third-order valence-electron chi connectivity index (χ3n) is 4.76. The third-order valence-corrected chi connectivity index (χ3v) is 4.96. The highest BCUT2D eigenvalue weighted by molar-refractivity contribution is 6.30. The molecule has 26 heavy (non-hydrogen) atoms. The van der Waals surface area contributed by atoms with Gasteiger partial charge < -0.3 is 14.0 Å². The third kappa shape index (κ3) is 3.29. The van der Waals surface area contributed by atoms with E-state index in [4.69, 9.17) is 11.6 Å². The number of nitrogens with zero attached hydrogens (tertiary/aromatic N) is 7. The van der Waals surface area contributed by atoms with Crippen molar-refractivity contribution in [2.24, 2.45) is 7.05 Å². The van der Waals surface area contributed by atoms with Gasteiger partial charge in [0.2, 0.25) is 0 Å². The summed E-state index contributed by atoms with van der Waals surface area (Å²) >= 11 is 5.81. The average Bonchev–Trinajstić information content (AvgIpc) is 3.26. The first-order valence-electron chi connectivity index (χ1n) is 8.51. The summed E-state index contributed by atoms with van der Waals surface area (Å²) in [5, 5.41) is 9.04. The fourth-order valence-corrected chi connectivity index (χ4v) is 3.58. The molecule has 136 valence electrons. The van der Waals surface area contributed by atoms with Crippen molar-refractivity contribution in [1.29, 1.82) is 0 Å². The molecule has 4 heterocycles. The summed E-state index contributed by atoms with van der Waals surface area (Å²) in [6, 6.07) is 1.30. The minimum absolute atomic E-state index is 0.176. The number of imidazole rings is 1. The van der Waals surface area contributed by atoms with Crippen LogP contribution in [0.4, 0.5) is 10.2 Å². The predicted molar refractivity (Wildman–Crippen MR) is 95.7 cm³/mol. The molecule has 0 aliphatic carbocycles. The van der Waals surface area contributed by atoms with Crippen LogP contribution in [0.25, 0.3) is 0 Å². The maximum Gasteiger partial charge on any atom is 0.167 e. The topological polar surface area (TPSA) is 64.7 Å². The number of piperidine rings is 1.